The first-order valence-electron chi connectivity index (χ1n) is 17.6. The number of halogens is 1. The molecule has 0 spiro atoms. The Morgan fingerprint density at radius 3 is 2.58 bits per heavy atom. The van der Waals surface area contributed by atoms with Gasteiger partial charge in [-0.3, -0.25) is 33.6 Å². The fourth-order valence-electron chi connectivity index (χ4n) is 9.30. The van der Waals surface area contributed by atoms with Crippen molar-refractivity contribution in [1.82, 2.24) is 14.7 Å². The molecular weight excluding hydrogens is 720 g/mol. The maximum atomic E-state index is 15.1. The topological polar surface area (TPSA) is 159 Å². The van der Waals surface area contributed by atoms with Gasteiger partial charge in [0.05, 0.1) is 41.1 Å². The van der Waals surface area contributed by atoms with Crippen molar-refractivity contribution in [3.05, 3.63) is 70.3 Å². The molecule has 2 aliphatic heterocycles. The Bertz CT molecular complexity index is 2310. The Morgan fingerprint density at radius 2 is 1.85 bits per heavy atom. The number of ether oxygens (including phenoxy) is 1. The molecular formula is C39H37ClN4O8S. The molecule has 2 saturated heterocycles. The maximum Gasteiger partial charge on any atom is 0.305 e. The van der Waals surface area contributed by atoms with Crippen molar-refractivity contribution in [1.29, 1.82) is 0 Å². The average molecular weight is 757 g/mol. The number of carbonyl (C=O) groups is 5. The molecule has 4 aliphatic rings. The van der Waals surface area contributed by atoms with Gasteiger partial charge in [0.1, 0.15) is 11.5 Å². The summed E-state index contributed by atoms with van der Waals surface area (Å²) in [5.41, 5.74) is 1.66. The predicted octanol–water partition coefficient (Wildman–Crippen LogP) is 6.07. The van der Waals surface area contributed by atoms with E-state index in [1.165, 1.54) is 15.6 Å². The van der Waals surface area contributed by atoms with Crippen LogP contribution in [0, 0.1) is 36.0 Å². The molecule has 274 valence electrons. The number of thiophene rings is 1. The lowest BCUT2D eigenvalue weighted by molar-refractivity contribution is -0.142. The minimum Gasteiger partial charge on any atom is -0.504 e. The molecule has 4 heterocycles. The first kappa shape index (κ1) is 35.0. The summed E-state index contributed by atoms with van der Waals surface area (Å²) in [7, 11) is 1.69. The van der Waals surface area contributed by atoms with Crippen LogP contribution in [-0.4, -0.2) is 67.6 Å². The van der Waals surface area contributed by atoms with E-state index in [-0.39, 0.29) is 43.9 Å². The zero-order valence-corrected chi connectivity index (χ0v) is 31.0. The number of hydrogen-bond donors (Lipinski definition) is 2. The molecule has 2 aliphatic carbocycles. The van der Waals surface area contributed by atoms with Crippen LogP contribution in [-0.2, 0) is 31.0 Å². The zero-order chi connectivity index (χ0) is 37.7. The van der Waals surface area contributed by atoms with Gasteiger partial charge in [0.25, 0.3) is 0 Å². The lowest BCUT2D eigenvalue weighted by atomic mass is 9.51. The fourth-order valence-corrected chi connectivity index (χ4v) is 10.6. The van der Waals surface area contributed by atoms with Gasteiger partial charge in [-0.1, -0.05) is 29.3 Å². The summed E-state index contributed by atoms with van der Waals surface area (Å²) in [6.45, 7) is 5.61. The van der Waals surface area contributed by atoms with Gasteiger partial charge in [0, 0.05) is 35.3 Å². The third-order valence-electron chi connectivity index (χ3n) is 11.7. The molecule has 6 atom stereocenters. The second kappa shape index (κ2) is 12.6. The minimum atomic E-state index is -1.32. The highest BCUT2D eigenvalue weighted by molar-refractivity contribution is 7.22. The highest BCUT2D eigenvalue weighted by atomic mass is 35.5. The Balaban J connectivity index is 1.24. The van der Waals surface area contributed by atoms with E-state index in [0.717, 1.165) is 31.0 Å². The van der Waals surface area contributed by atoms with E-state index in [4.69, 9.17) is 21.4 Å². The largest absolute Gasteiger partial charge is 0.504 e. The van der Waals surface area contributed by atoms with Gasteiger partial charge in [0.15, 0.2) is 11.5 Å². The van der Waals surface area contributed by atoms with E-state index in [0.29, 0.717) is 22.1 Å². The van der Waals surface area contributed by atoms with Crippen molar-refractivity contribution >= 4 is 68.4 Å². The number of hydrogen-bond acceptors (Lipinski definition) is 9. The van der Waals surface area contributed by atoms with E-state index in [1.807, 2.05) is 31.2 Å². The van der Waals surface area contributed by atoms with Crippen LogP contribution in [0.15, 0.2) is 54.1 Å². The summed E-state index contributed by atoms with van der Waals surface area (Å²) in [5.74, 6) is -6.06. The summed E-state index contributed by atoms with van der Waals surface area (Å²) in [6, 6.07) is 12.3. The summed E-state index contributed by atoms with van der Waals surface area (Å²) >= 11 is 7.84. The van der Waals surface area contributed by atoms with E-state index >= 15 is 4.79 Å². The molecule has 2 aromatic carbocycles. The van der Waals surface area contributed by atoms with Crippen LogP contribution < -0.4 is 9.64 Å². The second-order valence-corrected chi connectivity index (χ2v) is 16.0. The van der Waals surface area contributed by atoms with Crippen LogP contribution >= 0.6 is 22.9 Å². The number of allylic oxidation sites excluding steroid dienone is 2. The highest BCUT2D eigenvalue weighted by Gasteiger charge is 2.68. The van der Waals surface area contributed by atoms with E-state index < -0.39 is 64.6 Å². The molecule has 2 N–H and O–H groups in total. The first-order chi connectivity index (χ1) is 25.3. The number of imide groups is 2. The summed E-state index contributed by atoms with van der Waals surface area (Å²) < 4.78 is 8.31. The Kier molecular flexibility index (Phi) is 8.30. The summed E-state index contributed by atoms with van der Waals surface area (Å²) in [4.78, 5) is 71.9. The number of carboxylic acids is 1. The van der Waals surface area contributed by atoms with Crippen molar-refractivity contribution in [2.24, 2.45) is 36.1 Å². The number of benzene rings is 2. The Hall–Kier alpha value is -5.01. The number of aryl methyl sites for hydroxylation is 2. The predicted molar refractivity (Wildman–Crippen MR) is 197 cm³/mol. The number of amides is 4. The summed E-state index contributed by atoms with van der Waals surface area (Å²) in [5, 5.41) is 26.3. The number of likely N-dealkylation sites (tertiary alicyclic amines) is 1. The van der Waals surface area contributed by atoms with Crippen LogP contribution in [0.25, 0.3) is 20.7 Å². The molecule has 8 rings (SSSR count). The van der Waals surface area contributed by atoms with Gasteiger partial charge >= 0.3 is 5.97 Å². The molecule has 4 amide bonds. The second-order valence-electron chi connectivity index (χ2n) is 14.5. The molecule has 0 bridgehead atoms. The number of nitrogens with zero attached hydrogens (tertiary/aromatic N) is 4. The third-order valence-corrected chi connectivity index (χ3v) is 13.3. The molecule has 1 saturated carbocycles. The Labute approximate surface area is 313 Å². The van der Waals surface area contributed by atoms with Crippen LogP contribution in [0.1, 0.15) is 50.2 Å². The number of aromatic hydroxyl groups is 1. The van der Waals surface area contributed by atoms with Crippen molar-refractivity contribution in [3.63, 3.8) is 0 Å². The monoisotopic (exact) mass is 756 g/mol. The van der Waals surface area contributed by atoms with Gasteiger partial charge < -0.3 is 14.9 Å². The standard InChI is InChI=1S/C39H37ClN4O8S/c1-5-52-28-14-19(6-10-27(28)45)33-21-8-9-22-32(37(50)43(35(22)48)13-12-31(46)47)24(21)16-25-36(49)44(38(51)39(25,33)3)30-17-26(41-42(30)4)34-18(2)23-15-20(40)7-11-29(23)53-34/h6-8,10-11,14-15,17,22,24-25,32-33,45H,5,9,12-13,16H2,1-4H3,(H,46,47). The fraction of sp³-hybridized carbons (Fsp3) is 0.385. The SMILES string of the molecule is CCOc1cc(C2C3=CCC4C(=O)N(CCC(=O)O)C(=O)C4C3CC3C(=O)N(c4cc(-c5sc6ccc(Cl)cc6c5C)nn4C)C(=O)C32C)ccc1O. The maximum absolute atomic E-state index is 15.1. The number of phenols is 1. The zero-order valence-electron chi connectivity index (χ0n) is 29.5. The Morgan fingerprint density at radius 1 is 1.08 bits per heavy atom. The van der Waals surface area contributed by atoms with E-state index in [1.54, 1.807) is 50.4 Å². The first-order valence-corrected chi connectivity index (χ1v) is 18.8. The van der Waals surface area contributed by atoms with Gasteiger partial charge in [-0.2, -0.15) is 5.10 Å². The van der Waals surface area contributed by atoms with Gasteiger partial charge in [-0.25, -0.2) is 4.90 Å². The highest BCUT2D eigenvalue weighted by Crippen LogP contribution is 2.64. The van der Waals surface area contributed by atoms with Crippen LogP contribution in [0.4, 0.5) is 5.82 Å². The van der Waals surface area contributed by atoms with Crippen LogP contribution in [0.3, 0.4) is 0 Å². The van der Waals surface area contributed by atoms with Crippen molar-refractivity contribution in [3.8, 4) is 22.1 Å². The van der Waals surface area contributed by atoms with Crippen LogP contribution in [0.2, 0.25) is 5.02 Å². The lowest BCUT2D eigenvalue weighted by Crippen LogP contribution is -2.49. The third kappa shape index (κ3) is 5.14. The molecule has 53 heavy (non-hydrogen) atoms. The van der Waals surface area contributed by atoms with Crippen molar-refractivity contribution < 1.29 is 38.9 Å². The number of carboxylic acid groups (broad SMARTS) is 1. The normalized spacial score (nSPS) is 26.6. The number of aromatic nitrogens is 2. The van der Waals surface area contributed by atoms with Gasteiger partial charge in [-0.05, 0) is 86.4 Å². The van der Waals surface area contributed by atoms with Crippen molar-refractivity contribution in [2.75, 3.05) is 18.1 Å². The van der Waals surface area contributed by atoms with Crippen molar-refractivity contribution in [2.45, 2.75) is 46.0 Å². The molecule has 4 aromatic rings. The molecule has 14 heteroatoms. The lowest BCUT2D eigenvalue weighted by Gasteiger charge is -2.49. The molecule has 2 aromatic heterocycles. The number of phenolic OH excluding ortho intramolecular Hbond substituents is 1. The van der Waals surface area contributed by atoms with Gasteiger partial charge in [0.2, 0.25) is 23.6 Å². The molecule has 3 fully saturated rings. The molecule has 0 radical (unpaired) electrons. The quantitative estimate of drug-likeness (QED) is 0.161. The number of aliphatic carboxylic acids is 1. The number of carbonyl (C=O) groups excluding carboxylic acids is 4. The number of fused-ring (bicyclic) bond motifs is 5. The van der Waals surface area contributed by atoms with E-state index in [9.17, 15) is 29.4 Å². The van der Waals surface area contributed by atoms with Gasteiger partial charge in [-0.15, -0.1) is 11.3 Å². The summed E-state index contributed by atoms with van der Waals surface area (Å²) in [6.07, 6.45) is 1.93. The van der Waals surface area contributed by atoms with Crippen LogP contribution in [0.5, 0.6) is 11.5 Å². The minimum absolute atomic E-state index is 0.0790. The number of rotatable bonds is 8. The van der Waals surface area contributed by atoms with E-state index in [2.05, 4.69) is 0 Å². The number of anilines is 1. The smallest absolute Gasteiger partial charge is 0.305 e. The molecule has 12 nitrogen and oxygen atoms in total. The average Bonchev–Trinajstić information content (AvgIpc) is 3.78. The molecule has 6 unspecified atom stereocenters.